The number of unbranched alkanes of at least 4 members (excludes halogenated alkanes) is 2. The van der Waals surface area contributed by atoms with E-state index in [1.165, 1.54) is 16.6 Å². The quantitative estimate of drug-likeness (QED) is 0.572. The van der Waals surface area contributed by atoms with Crippen LogP contribution in [0, 0.1) is 12.3 Å². The Morgan fingerprint density at radius 1 is 1.35 bits per heavy atom. The summed E-state index contributed by atoms with van der Waals surface area (Å²) in [7, 11) is -3.56. The molecule has 0 atom stereocenters. The maximum atomic E-state index is 12.3. The van der Waals surface area contributed by atoms with Gasteiger partial charge in [-0.2, -0.15) is 9.40 Å². The normalized spacial score (nSPS) is 16.0. The van der Waals surface area contributed by atoms with Crippen molar-refractivity contribution >= 4 is 16.1 Å². The third-order valence-electron chi connectivity index (χ3n) is 3.64. The molecule has 0 saturated carbocycles. The predicted octanol–water partition coefficient (Wildman–Crippen LogP) is 0.229. The Labute approximate surface area is 136 Å². The molecule has 8 nitrogen and oxygen atoms in total. The zero-order valence-electron chi connectivity index (χ0n) is 12.9. The summed E-state index contributed by atoms with van der Waals surface area (Å²) >= 11 is 0. The molecule has 2 N–H and O–H groups in total. The summed E-state index contributed by atoms with van der Waals surface area (Å²) in [5.41, 5.74) is 0. The van der Waals surface area contributed by atoms with Crippen molar-refractivity contribution in [2.45, 2.75) is 24.3 Å². The molecule has 0 aromatic carbocycles. The van der Waals surface area contributed by atoms with Gasteiger partial charge in [-0.3, -0.25) is 5.10 Å². The lowest BCUT2D eigenvalue weighted by Gasteiger charge is -2.33. The Bertz CT molecular complexity index is 642. The Hall–Kier alpha value is -2.05. The Morgan fingerprint density at radius 3 is 2.70 bits per heavy atom. The summed E-state index contributed by atoms with van der Waals surface area (Å²) < 4.78 is 26.0. The van der Waals surface area contributed by atoms with Crippen molar-refractivity contribution in [2.75, 3.05) is 32.7 Å². The van der Waals surface area contributed by atoms with Crippen LogP contribution in [0.2, 0.25) is 0 Å². The van der Waals surface area contributed by atoms with E-state index < -0.39 is 10.0 Å². The maximum absolute atomic E-state index is 12.3. The molecule has 1 fully saturated rings. The van der Waals surface area contributed by atoms with Crippen LogP contribution in [0.3, 0.4) is 0 Å². The second-order valence-electron chi connectivity index (χ2n) is 5.21. The minimum atomic E-state index is -3.56. The topological polar surface area (TPSA) is 98.4 Å². The number of terminal acetylenes is 1. The molecule has 0 bridgehead atoms. The number of urea groups is 1. The van der Waals surface area contributed by atoms with Crippen LogP contribution in [-0.2, 0) is 10.0 Å². The zero-order valence-corrected chi connectivity index (χ0v) is 13.7. The summed E-state index contributed by atoms with van der Waals surface area (Å²) in [4.78, 5) is 13.6. The van der Waals surface area contributed by atoms with Crippen LogP contribution in [0.1, 0.15) is 19.3 Å². The highest BCUT2D eigenvalue weighted by molar-refractivity contribution is 7.89. The number of nitrogens with one attached hydrogen (secondary N) is 2. The number of hydrogen-bond donors (Lipinski definition) is 2. The smallest absolute Gasteiger partial charge is 0.317 e. The molecule has 9 heteroatoms. The van der Waals surface area contributed by atoms with E-state index in [4.69, 9.17) is 6.42 Å². The van der Waals surface area contributed by atoms with Gasteiger partial charge in [-0.1, -0.05) is 0 Å². The fraction of sp³-hybridized carbons (Fsp3) is 0.571. The lowest BCUT2D eigenvalue weighted by Crippen LogP contribution is -2.53. The van der Waals surface area contributed by atoms with Crippen molar-refractivity contribution in [3.05, 3.63) is 12.3 Å². The standard InChI is InChI=1S/C14H21N5O3S/c1-2-3-4-5-7-15-14(20)18-9-11-19(12-10-18)23(21,22)13-6-8-16-17-13/h1,6,8H,3-5,7,9-12H2,(H,15,20)(H,16,17). The van der Waals surface area contributed by atoms with Crippen molar-refractivity contribution in [1.82, 2.24) is 24.7 Å². The minimum absolute atomic E-state index is 0.0731. The first-order valence-corrected chi connectivity index (χ1v) is 8.95. The Kier molecular flexibility index (Phi) is 6.01. The molecule has 1 aromatic heterocycles. The van der Waals surface area contributed by atoms with E-state index in [0.29, 0.717) is 26.1 Å². The first kappa shape index (κ1) is 17.3. The van der Waals surface area contributed by atoms with Crippen molar-refractivity contribution in [3.8, 4) is 12.3 Å². The zero-order chi connectivity index (χ0) is 16.7. The highest BCUT2D eigenvalue weighted by Crippen LogP contribution is 2.14. The molecule has 2 heterocycles. The number of rotatable bonds is 6. The molecule has 23 heavy (non-hydrogen) atoms. The van der Waals surface area contributed by atoms with Gasteiger partial charge < -0.3 is 10.2 Å². The fourth-order valence-electron chi connectivity index (χ4n) is 2.32. The summed E-state index contributed by atoms with van der Waals surface area (Å²) in [5.74, 6) is 2.56. The van der Waals surface area contributed by atoms with Crippen LogP contribution in [0.5, 0.6) is 0 Å². The van der Waals surface area contributed by atoms with E-state index in [0.717, 1.165) is 12.8 Å². The minimum Gasteiger partial charge on any atom is -0.338 e. The number of piperazine rings is 1. The van der Waals surface area contributed by atoms with Crippen molar-refractivity contribution < 1.29 is 13.2 Å². The molecule has 1 aliphatic heterocycles. The molecule has 0 unspecified atom stereocenters. The SMILES string of the molecule is C#CCCCCNC(=O)N1CCN(S(=O)(=O)c2ccn[nH]2)CC1. The second kappa shape index (κ2) is 7.99. The van der Waals surface area contributed by atoms with Gasteiger partial charge in [0.05, 0.1) is 6.20 Å². The molecule has 1 saturated heterocycles. The summed E-state index contributed by atoms with van der Waals surface area (Å²) in [6.45, 7) is 1.85. The first-order valence-electron chi connectivity index (χ1n) is 7.51. The Balaban J connectivity index is 1.78. The number of sulfonamides is 1. The second-order valence-corrected chi connectivity index (χ2v) is 7.11. The third kappa shape index (κ3) is 4.46. The van der Waals surface area contributed by atoms with Crippen LogP contribution in [0.4, 0.5) is 4.79 Å². The molecular weight excluding hydrogens is 318 g/mol. The van der Waals surface area contributed by atoms with Gasteiger partial charge in [0, 0.05) is 39.1 Å². The van der Waals surface area contributed by atoms with Gasteiger partial charge in [0.1, 0.15) is 0 Å². The van der Waals surface area contributed by atoms with Gasteiger partial charge in [-0.15, -0.1) is 12.3 Å². The number of carbonyl (C=O) groups excluding carboxylic acids is 1. The highest BCUT2D eigenvalue weighted by Gasteiger charge is 2.30. The number of amides is 2. The van der Waals surface area contributed by atoms with Crippen LogP contribution in [0.15, 0.2) is 17.3 Å². The number of carbonyl (C=O) groups is 1. The number of nitrogens with zero attached hydrogens (tertiary/aromatic N) is 3. The average Bonchev–Trinajstić information content (AvgIpc) is 3.10. The average molecular weight is 339 g/mol. The third-order valence-corrected chi connectivity index (χ3v) is 5.47. The summed E-state index contributed by atoms with van der Waals surface area (Å²) in [5, 5.41) is 9.03. The number of aromatic amines is 1. The van der Waals surface area contributed by atoms with E-state index >= 15 is 0 Å². The lowest BCUT2D eigenvalue weighted by molar-refractivity contribution is 0.172. The van der Waals surface area contributed by atoms with Gasteiger partial charge in [0.25, 0.3) is 10.0 Å². The lowest BCUT2D eigenvalue weighted by atomic mass is 10.2. The molecule has 1 aliphatic rings. The number of hydrogen-bond acceptors (Lipinski definition) is 4. The van der Waals surface area contributed by atoms with Crippen molar-refractivity contribution in [1.29, 1.82) is 0 Å². The van der Waals surface area contributed by atoms with Crippen LogP contribution < -0.4 is 5.32 Å². The highest BCUT2D eigenvalue weighted by atomic mass is 32.2. The number of H-pyrrole nitrogens is 1. The molecular formula is C14H21N5O3S. The fourth-order valence-corrected chi connectivity index (χ4v) is 3.64. The van der Waals surface area contributed by atoms with Gasteiger partial charge >= 0.3 is 6.03 Å². The maximum Gasteiger partial charge on any atom is 0.317 e. The summed E-state index contributed by atoms with van der Waals surface area (Å²) in [6.07, 6.45) is 8.99. The molecule has 126 valence electrons. The van der Waals surface area contributed by atoms with Gasteiger partial charge in [0.15, 0.2) is 5.03 Å². The van der Waals surface area contributed by atoms with E-state index in [9.17, 15) is 13.2 Å². The number of aromatic nitrogens is 2. The molecule has 0 spiro atoms. The van der Waals surface area contributed by atoms with Gasteiger partial charge in [-0.25, -0.2) is 13.2 Å². The molecule has 0 aliphatic carbocycles. The van der Waals surface area contributed by atoms with E-state index in [2.05, 4.69) is 21.4 Å². The molecule has 2 amide bonds. The van der Waals surface area contributed by atoms with Gasteiger partial charge in [0.2, 0.25) is 0 Å². The monoisotopic (exact) mass is 339 g/mol. The molecule has 2 rings (SSSR count). The van der Waals surface area contributed by atoms with Gasteiger partial charge in [-0.05, 0) is 18.9 Å². The van der Waals surface area contributed by atoms with E-state index in [1.807, 2.05) is 0 Å². The van der Waals surface area contributed by atoms with E-state index in [1.54, 1.807) is 4.90 Å². The molecule has 0 radical (unpaired) electrons. The predicted molar refractivity (Wildman–Crippen MR) is 85.0 cm³/mol. The van der Waals surface area contributed by atoms with Crippen molar-refractivity contribution in [2.24, 2.45) is 0 Å². The van der Waals surface area contributed by atoms with E-state index in [-0.39, 0.29) is 24.1 Å². The largest absolute Gasteiger partial charge is 0.338 e. The van der Waals surface area contributed by atoms with Crippen LogP contribution in [0.25, 0.3) is 0 Å². The Morgan fingerprint density at radius 2 is 2.09 bits per heavy atom. The summed E-state index contributed by atoms with van der Waals surface area (Å²) in [6, 6.07) is 1.26. The van der Waals surface area contributed by atoms with Crippen LogP contribution >= 0.6 is 0 Å². The van der Waals surface area contributed by atoms with Crippen molar-refractivity contribution in [3.63, 3.8) is 0 Å². The first-order chi connectivity index (χ1) is 11.1. The van der Waals surface area contributed by atoms with Crippen LogP contribution in [-0.4, -0.2) is 66.6 Å². The molecule has 1 aromatic rings.